The van der Waals surface area contributed by atoms with Gasteiger partial charge in [0.1, 0.15) is 5.60 Å². The first-order valence-electron chi connectivity index (χ1n) is 6.80. The number of carbonyl (C=O) groups is 1. The van der Waals surface area contributed by atoms with Crippen molar-refractivity contribution in [1.29, 1.82) is 0 Å². The maximum absolute atomic E-state index is 11.8. The zero-order valence-electron chi connectivity index (χ0n) is 11.6. The summed E-state index contributed by atoms with van der Waals surface area (Å²) in [5, 5.41) is 13.5. The molecule has 20 heavy (non-hydrogen) atoms. The van der Waals surface area contributed by atoms with Gasteiger partial charge in [0.05, 0.1) is 6.61 Å². The van der Waals surface area contributed by atoms with Gasteiger partial charge in [-0.3, -0.25) is 4.79 Å². The van der Waals surface area contributed by atoms with E-state index in [1.54, 1.807) is 0 Å². The van der Waals surface area contributed by atoms with Gasteiger partial charge in [-0.2, -0.15) is 0 Å². The highest BCUT2D eigenvalue weighted by atomic mass is 35.5. The summed E-state index contributed by atoms with van der Waals surface area (Å²) >= 11 is 6.05. The van der Waals surface area contributed by atoms with Gasteiger partial charge < -0.3 is 15.2 Å². The highest BCUT2D eigenvalue weighted by molar-refractivity contribution is 6.31. The Kier molecular flexibility index (Phi) is 5.02. The molecule has 2 N–H and O–H groups in total. The molecule has 0 bridgehead atoms. The van der Waals surface area contributed by atoms with E-state index in [1.165, 1.54) is 0 Å². The van der Waals surface area contributed by atoms with Crippen molar-refractivity contribution >= 4 is 17.5 Å². The van der Waals surface area contributed by atoms with E-state index in [1.807, 2.05) is 25.1 Å². The molecule has 1 fully saturated rings. The van der Waals surface area contributed by atoms with E-state index < -0.39 is 5.60 Å². The maximum Gasteiger partial charge on any atom is 0.220 e. The van der Waals surface area contributed by atoms with Crippen LogP contribution in [0.1, 0.15) is 24.0 Å². The van der Waals surface area contributed by atoms with E-state index in [4.69, 9.17) is 16.3 Å². The predicted octanol–water partition coefficient (Wildman–Crippen LogP) is 1.85. The second kappa shape index (κ2) is 6.57. The third kappa shape index (κ3) is 4.20. The van der Waals surface area contributed by atoms with Crippen LogP contribution in [0.5, 0.6) is 0 Å². The molecular weight excluding hydrogens is 278 g/mol. The van der Waals surface area contributed by atoms with Crippen molar-refractivity contribution in [3.05, 3.63) is 34.3 Å². The summed E-state index contributed by atoms with van der Waals surface area (Å²) in [6.45, 7) is 3.04. The topological polar surface area (TPSA) is 58.6 Å². The van der Waals surface area contributed by atoms with Crippen LogP contribution in [0, 0.1) is 6.92 Å². The fourth-order valence-corrected chi connectivity index (χ4v) is 2.34. The Labute approximate surface area is 124 Å². The molecule has 1 aliphatic heterocycles. The molecule has 1 aliphatic rings. The summed E-state index contributed by atoms with van der Waals surface area (Å²) in [6.07, 6.45) is 1.60. The van der Waals surface area contributed by atoms with Gasteiger partial charge in [0.15, 0.2) is 0 Å². The summed E-state index contributed by atoms with van der Waals surface area (Å²) < 4.78 is 5.13. The van der Waals surface area contributed by atoms with Crippen LogP contribution in [0.2, 0.25) is 5.02 Å². The molecule has 1 aromatic rings. The van der Waals surface area contributed by atoms with Crippen LogP contribution < -0.4 is 5.32 Å². The number of hydrogen-bond donors (Lipinski definition) is 2. The Balaban J connectivity index is 1.76. The molecule has 0 aromatic heterocycles. The van der Waals surface area contributed by atoms with Gasteiger partial charge >= 0.3 is 0 Å². The van der Waals surface area contributed by atoms with Gasteiger partial charge in [-0.05, 0) is 30.5 Å². The lowest BCUT2D eigenvalue weighted by Gasteiger charge is -2.20. The van der Waals surface area contributed by atoms with E-state index in [-0.39, 0.29) is 12.5 Å². The Morgan fingerprint density at radius 2 is 2.35 bits per heavy atom. The predicted molar refractivity (Wildman–Crippen MR) is 77.9 cm³/mol. The first kappa shape index (κ1) is 15.3. The van der Waals surface area contributed by atoms with Crippen molar-refractivity contribution in [3.8, 4) is 0 Å². The molecule has 1 heterocycles. The standard InChI is InChI=1S/C15H20ClNO3/c1-11-2-3-12(8-13(11)16)4-5-14(18)17-9-15(19)6-7-20-10-15/h2-3,8,19H,4-7,9-10H2,1H3,(H,17,18). The van der Waals surface area contributed by atoms with E-state index in [2.05, 4.69) is 5.32 Å². The van der Waals surface area contributed by atoms with Crippen molar-refractivity contribution in [3.63, 3.8) is 0 Å². The van der Waals surface area contributed by atoms with Crippen molar-refractivity contribution in [2.45, 2.75) is 31.8 Å². The molecule has 0 radical (unpaired) electrons. The Bertz CT molecular complexity index is 484. The zero-order chi connectivity index (χ0) is 14.6. The van der Waals surface area contributed by atoms with E-state index >= 15 is 0 Å². The van der Waals surface area contributed by atoms with Crippen molar-refractivity contribution in [1.82, 2.24) is 5.32 Å². The minimum atomic E-state index is -0.900. The lowest BCUT2D eigenvalue weighted by molar-refractivity contribution is -0.122. The number of benzene rings is 1. The molecule has 1 unspecified atom stereocenters. The van der Waals surface area contributed by atoms with E-state index in [0.29, 0.717) is 32.5 Å². The molecule has 110 valence electrons. The van der Waals surface area contributed by atoms with Gasteiger partial charge in [0, 0.05) is 31.0 Å². The van der Waals surface area contributed by atoms with E-state index in [9.17, 15) is 9.90 Å². The second-order valence-electron chi connectivity index (χ2n) is 5.39. The zero-order valence-corrected chi connectivity index (χ0v) is 12.4. The summed E-state index contributed by atoms with van der Waals surface area (Å²) in [6, 6.07) is 5.82. The second-order valence-corrected chi connectivity index (χ2v) is 5.79. The Morgan fingerprint density at radius 3 is 3.00 bits per heavy atom. The molecule has 1 saturated heterocycles. The smallest absolute Gasteiger partial charge is 0.220 e. The summed E-state index contributed by atoms with van der Waals surface area (Å²) in [7, 11) is 0. The molecule has 1 amide bonds. The molecule has 1 aromatic carbocycles. The number of aliphatic hydroxyl groups is 1. The lowest BCUT2D eigenvalue weighted by Crippen LogP contribution is -2.43. The molecule has 5 heteroatoms. The van der Waals surface area contributed by atoms with Gasteiger partial charge in [0.2, 0.25) is 5.91 Å². The van der Waals surface area contributed by atoms with Gasteiger partial charge in [0.25, 0.3) is 0 Å². The van der Waals surface area contributed by atoms with Crippen LogP contribution in [0.3, 0.4) is 0 Å². The molecule has 0 aliphatic carbocycles. The third-order valence-electron chi connectivity index (χ3n) is 3.57. The number of ether oxygens (including phenoxy) is 1. The largest absolute Gasteiger partial charge is 0.386 e. The van der Waals surface area contributed by atoms with Crippen molar-refractivity contribution in [2.75, 3.05) is 19.8 Å². The van der Waals surface area contributed by atoms with Crippen LogP contribution in [0.4, 0.5) is 0 Å². The number of nitrogens with one attached hydrogen (secondary N) is 1. The van der Waals surface area contributed by atoms with E-state index in [0.717, 1.165) is 16.1 Å². The Hall–Kier alpha value is -1.10. The molecule has 2 rings (SSSR count). The number of amides is 1. The quantitative estimate of drug-likeness (QED) is 0.872. The minimum absolute atomic E-state index is 0.0676. The average Bonchev–Trinajstić information content (AvgIpc) is 2.85. The van der Waals surface area contributed by atoms with Gasteiger partial charge in [-0.1, -0.05) is 23.7 Å². The number of hydrogen-bond acceptors (Lipinski definition) is 3. The van der Waals surface area contributed by atoms with Crippen LogP contribution in [0.25, 0.3) is 0 Å². The van der Waals surface area contributed by atoms with Gasteiger partial charge in [-0.15, -0.1) is 0 Å². The highest BCUT2D eigenvalue weighted by Crippen LogP contribution is 2.18. The molecule has 1 atom stereocenters. The first-order valence-corrected chi connectivity index (χ1v) is 7.18. The number of rotatable bonds is 5. The van der Waals surface area contributed by atoms with Gasteiger partial charge in [-0.25, -0.2) is 0 Å². The molecule has 0 spiro atoms. The summed E-state index contributed by atoms with van der Waals surface area (Å²) in [4.78, 5) is 11.8. The van der Waals surface area contributed by atoms with Crippen molar-refractivity contribution in [2.24, 2.45) is 0 Å². The van der Waals surface area contributed by atoms with Crippen LogP contribution in [0.15, 0.2) is 18.2 Å². The Morgan fingerprint density at radius 1 is 1.55 bits per heavy atom. The average molecular weight is 298 g/mol. The highest BCUT2D eigenvalue weighted by Gasteiger charge is 2.32. The monoisotopic (exact) mass is 297 g/mol. The normalized spacial score (nSPS) is 21.9. The fourth-order valence-electron chi connectivity index (χ4n) is 2.14. The molecule has 0 saturated carbocycles. The SMILES string of the molecule is Cc1ccc(CCC(=O)NCC2(O)CCOC2)cc1Cl. The third-order valence-corrected chi connectivity index (χ3v) is 3.98. The number of halogens is 1. The number of carbonyl (C=O) groups excluding carboxylic acids is 1. The van der Waals surface area contributed by atoms with Crippen LogP contribution in [-0.4, -0.2) is 36.4 Å². The fraction of sp³-hybridized carbons (Fsp3) is 0.533. The van der Waals surface area contributed by atoms with Crippen LogP contribution >= 0.6 is 11.6 Å². The molecular formula is C15H20ClNO3. The lowest BCUT2D eigenvalue weighted by atomic mass is 10.0. The number of aryl methyl sites for hydroxylation is 2. The molecule has 4 nitrogen and oxygen atoms in total. The van der Waals surface area contributed by atoms with Crippen molar-refractivity contribution < 1.29 is 14.6 Å². The summed E-state index contributed by atoms with van der Waals surface area (Å²) in [5.74, 6) is -0.0676. The maximum atomic E-state index is 11.8. The van der Waals surface area contributed by atoms with Crippen LogP contribution in [-0.2, 0) is 16.0 Å². The first-order chi connectivity index (χ1) is 9.48. The minimum Gasteiger partial charge on any atom is -0.386 e. The summed E-state index contributed by atoms with van der Waals surface area (Å²) in [5.41, 5.74) is 1.17.